The lowest BCUT2D eigenvalue weighted by atomic mass is 10.0. The molecule has 0 bridgehead atoms. The number of benzene rings is 2. The molecule has 0 radical (unpaired) electrons. The van der Waals surface area contributed by atoms with Crippen molar-refractivity contribution in [3.63, 3.8) is 0 Å². The number of aromatic nitrogens is 2. The van der Waals surface area contributed by atoms with E-state index < -0.39 is 30.2 Å². The van der Waals surface area contributed by atoms with Crippen LogP contribution in [0.2, 0.25) is 0 Å². The normalized spacial score (nSPS) is 19.7. The van der Waals surface area contributed by atoms with Gasteiger partial charge in [-0.25, -0.2) is 9.37 Å². The summed E-state index contributed by atoms with van der Waals surface area (Å²) in [6.45, 7) is 2.04. The van der Waals surface area contributed by atoms with Crippen molar-refractivity contribution in [2.45, 2.75) is 37.7 Å². The third kappa shape index (κ3) is 5.46. The Balaban J connectivity index is 1.46. The molecule has 178 valence electrons. The number of rotatable bonds is 6. The molecule has 4 rings (SSSR count). The minimum atomic E-state index is -0.778. The van der Waals surface area contributed by atoms with Gasteiger partial charge in [-0.1, -0.05) is 30.0 Å². The third-order valence-corrected chi connectivity index (χ3v) is 5.66. The lowest BCUT2D eigenvalue weighted by molar-refractivity contribution is -0.0759. The van der Waals surface area contributed by atoms with Gasteiger partial charge in [0.2, 0.25) is 0 Å². The summed E-state index contributed by atoms with van der Waals surface area (Å²) < 4.78 is 27.1. The molecule has 3 N–H and O–H groups in total. The van der Waals surface area contributed by atoms with Crippen molar-refractivity contribution >= 4 is 0 Å². The Kier molecular flexibility index (Phi) is 7.60. The maximum Gasteiger partial charge on any atom is 0.165 e. The van der Waals surface area contributed by atoms with E-state index >= 15 is 0 Å². The molecule has 2 heterocycles. The molecule has 0 spiro atoms. The van der Waals surface area contributed by atoms with Crippen molar-refractivity contribution in [1.29, 1.82) is 0 Å². The first kappa shape index (κ1) is 23.9. The van der Waals surface area contributed by atoms with Crippen LogP contribution in [0.5, 0.6) is 5.75 Å². The third-order valence-electron chi connectivity index (χ3n) is 5.66. The molecule has 1 saturated heterocycles. The first-order valence-electron chi connectivity index (χ1n) is 11.1. The van der Waals surface area contributed by atoms with Crippen LogP contribution >= 0.6 is 0 Å². The molecule has 3 aromatic rings. The highest BCUT2D eigenvalue weighted by Crippen LogP contribution is 2.28. The van der Waals surface area contributed by atoms with Crippen molar-refractivity contribution in [3.8, 4) is 28.7 Å². The van der Waals surface area contributed by atoms with Crippen LogP contribution in [-0.2, 0) is 4.74 Å². The summed E-state index contributed by atoms with van der Waals surface area (Å²) in [6, 6.07) is 11.5. The lowest BCUT2D eigenvalue weighted by Gasteiger charge is -2.28. The molecule has 7 nitrogen and oxygen atoms in total. The molecule has 1 aliphatic heterocycles. The lowest BCUT2D eigenvalue weighted by Crippen LogP contribution is -2.40. The second-order valence-electron chi connectivity index (χ2n) is 8.15. The zero-order valence-electron chi connectivity index (χ0n) is 18.8. The van der Waals surface area contributed by atoms with Crippen LogP contribution in [0.1, 0.15) is 36.9 Å². The van der Waals surface area contributed by atoms with Crippen molar-refractivity contribution in [2.24, 2.45) is 0 Å². The molecule has 4 atom stereocenters. The second-order valence-corrected chi connectivity index (χ2v) is 8.15. The van der Waals surface area contributed by atoms with E-state index in [1.807, 2.05) is 24.3 Å². The highest BCUT2D eigenvalue weighted by Gasteiger charge is 2.26. The van der Waals surface area contributed by atoms with Crippen LogP contribution in [0.4, 0.5) is 4.39 Å². The van der Waals surface area contributed by atoms with Gasteiger partial charge < -0.3 is 29.4 Å². The predicted molar refractivity (Wildman–Crippen MR) is 124 cm³/mol. The number of imidazole rings is 1. The van der Waals surface area contributed by atoms with Gasteiger partial charge in [0.1, 0.15) is 30.2 Å². The van der Waals surface area contributed by atoms with Crippen LogP contribution in [0.25, 0.3) is 11.1 Å². The summed E-state index contributed by atoms with van der Waals surface area (Å²) in [5, 5.41) is 29.5. The fourth-order valence-corrected chi connectivity index (χ4v) is 3.81. The van der Waals surface area contributed by atoms with E-state index in [1.54, 1.807) is 36.0 Å². The van der Waals surface area contributed by atoms with Crippen molar-refractivity contribution in [3.05, 3.63) is 72.1 Å². The van der Waals surface area contributed by atoms with Gasteiger partial charge in [-0.2, -0.15) is 0 Å². The molecule has 1 aliphatic rings. The van der Waals surface area contributed by atoms with E-state index in [0.717, 1.165) is 11.1 Å². The molecular weight excluding hydrogens is 439 g/mol. The number of halogens is 1. The molecule has 0 saturated carbocycles. The second kappa shape index (κ2) is 10.8. The average Bonchev–Trinajstić information content (AvgIpc) is 3.33. The van der Waals surface area contributed by atoms with E-state index in [1.165, 1.54) is 6.07 Å². The summed E-state index contributed by atoms with van der Waals surface area (Å²) in [6.07, 6.45) is 1.69. The Hall–Kier alpha value is -3.22. The van der Waals surface area contributed by atoms with Gasteiger partial charge >= 0.3 is 0 Å². The van der Waals surface area contributed by atoms with Crippen LogP contribution in [0.15, 0.2) is 54.9 Å². The molecule has 2 aromatic carbocycles. The summed E-state index contributed by atoms with van der Waals surface area (Å²) in [4.78, 5) is 4.11. The number of aliphatic hydroxyl groups excluding tert-OH is 3. The van der Waals surface area contributed by atoms with Gasteiger partial charge in [0.25, 0.3) is 0 Å². The van der Waals surface area contributed by atoms with Gasteiger partial charge in [-0.3, -0.25) is 0 Å². The average molecular weight is 467 g/mol. The van der Waals surface area contributed by atoms with Gasteiger partial charge in [0, 0.05) is 24.4 Å². The summed E-state index contributed by atoms with van der Waals surface area (Å²) in [5.74, 6) is 6.07. The molecule has 0 amide bonds. The van der Waals surface area contributed by atoms with E-state index in [2.05, 4.69) is 16.8 Å². The Morgan fingerprint density at radius 2 is 2.00 bits per heavy atom. The summed E-state index contributed by atoms with van der Waals surface area (Å²) in [7, 11) is 0. The minimum Gasteiger partial charge on any atom is -0.484 e. The van der Waals surface area contributed by atoms with Gasteiger partial charge in [0.15, 0.2) is 11.6 Å². The summed E-state index contributed by atoms with van der Waals surface area (Å²) >= 11 is 0. The molecular formula is C26H27FN2O5. The highest BCUT2D eigenvalue weighted by atomic mass is 19.1. The van der Waals surface area contributed by atoms with Crippen molar-refractivity contribution in [2.75, 3.05) is 19.8 Å². The van der Waals surface area contributed by atoms with E-state index in [4.69, 9.17) is 9.47 Å². The van der Waals surface area contributed by atoms with Crippen LogP contribution in [0, 0.1) is 17.7 Å². The first-order chi connectivity index (χ1) is 16.5. The van der Waals surface area contributed by atoms with Crippen LogP contribution in [0.3, 0.4) is 0 Å². The molecule has 1 fully saturated rings. The van der Waals surface area contributed by atoms with Gasteiger partial charge in [-0.15, -0.1) is 0 Å². The topological polar surface area (TPSA) is 97.0 Å². The van der Waals surface area contributed by atoms with Crippen LogP contribution in [-0.4, -0.2) is 56.9 Å². The molecule has 34 heavy (non-hydrogen) atoms. The van der Waals surface area contributed by atoms with Crippen LogP contribution < -0.4 is 4.74 Å². The number of hydrogen-bond donors (Lipinski definition) is 3. The van der Waals surface area contributed by atoms with E-state index in [-0.39, 0.29) is 19.0 Å². The molecule has 0 aliphatic carbocycles. The molecule has 8 heteroatoms. The standard InChI is InChI=1S/C26H27FN2O5/c1-17(31)26-28-11-12-29(26)21(15-30)8-4-18-2-5-19(6-3-18)20-7-9-24(22(27)14-20)34-25-10-13-33-16-23(25)32/h2-3,5-7,9,11-12,14,17,21,23,25,30-32H,10,13,15-16H2,1H3/t17-,21-,23+,25?/m0/s1. The van der Waals surface area contributed by atoms with Crippen molar-refractivity contribution in [1.82, 2.24) is 9.55 Å². The Bertz CT molecular complexity index is 1170. The quantitative estimate of drug-likeness (QED) is 0.484. The molecule has 1 aromatic heterocycles. The number of ether oxygens (including phenoxy) is 2. The highest BCUT2D eigenvalue weighted by molar-refractivity contribution is 5.65. The fraction of sp³-hybridized carbons (Fsp3) is 0.346. The largest absolute Gasteiger partial charge is 0.484 e. The molecule has 1 unspecified atom stereocenters. The maximum atomic E-state index is 14.7. The van der Waals surface area contributed by atoms with Crippen molar-refractivity contribution < 1.29 is 29.2 Å². The number of hydrogen-bond acceptors (Lipinski definition) is 6. The zero-order valence-corrected chi connectivity index (χ0v) is 18.8. The Labute approximate surface area is 197 Å². The fourth-order valence-electron chi connectivity index (χ4n) is 3.81. The Morgan fingerprint density at radius 3 is 2.68 bits per heavy atom. The minimum absolute atomic E-state index is 0.100. The number of aliphatic hydroxyl groups is 3. The smallest absolute Gasteiger partial charge is 0.165 e. The van der Waals surface area contributed by atoms with Gasteiger partial charge in [0.05, 0.1) is 19.8 Å². The maximum absolute atomic E-state index is 14.7. The van der Waals surface area contributed by atoms with Gasteiger partial charge in [-0.05, 0) is 42.3 Å². The first-order valence-corrected chi connectivity index (χ1v) is 11.1. The van der Waals surface area contributed by atoms with E-state index in [9.17, 15) is 19.7 Å². The van der Waals surface area contributed by atoms with E-state index in [0.29, 0.717) is 24.4 Å². The zero-order chi connectivity index (χ0) is 24.1. The number of nitrogens with zero attached hydrogens (tertiary/aromatic N) is 2. The predicted octanol–water partition coefficient (Wildman–Crippen LogP) is 2.86. The SMILES string of the molecule is C[C@H](O)c1nccn1[C@@H](C#Cc1ccc(-c2ccc(OC3CCOC[C@H]3O)c(F)c2)cc1)CO. The Morgan fingerprint density at radius 1 is 1.24 bits per heavy atom. The monoisotopic (exact) mass is 466 g/mol. The summed E-state index contributed by atoms with van der Waals surface area (Å²) in [5.41, 5.74) is 2.23.